The van der Waals surface area contributed by atoms with Gasteiger partial charge in [0.15, 0.2) is 0 Å². The van der Waals surface area contributed by atoms with Crippen LogP contribution in [0.1, 0.15) is 56.3 Å². The molecular formula is C27H29N3OS. The third-order valence-corrected chi connectivity index (χ3v) is 7.70. The summed E-state index contributed by atoms with van der Waals surface area (Å²) in [6.45, 7) is 8.74. The summed E-state index contributed by atoms with van der Waals surface area (Å²) in [5.41, 5.74) is 5.84. The first-order valence-electron chi connectivity index (χ1n) is 11.6. The number of nitrogens with zero attached hydrogens (tertiary/aromatic N) is 3. The molecular weight excluding hydrogens is 414 g/mol. The van der Waals surface area contributed by atoms with Crippen molar-refractivity contribution in [2.45, 2.75) is 52.2 Å². The van der Waals surface area contributed by atoms with E-state index in [9.17, 15) is 5.26 Å². The highest BCUT2D eigenvalue weighted by Crippen LogP contribution is 2.44. The maximum Gasteiger partial charge on any atom is 0.137 e. The van der Waals surface area contributed by atoms with Gasteiger partial charge in [0.2, 0.25) is 0 Å². The molecule has 5 rings (SSSR count). The molecule has 2 atom stereocenters. The van der Waals surface area contributed by atoms with Crippen LogP contribution < -0.4 is 4.74 Å². The molecule has 1 saturated heterocycles. The summed E-state index contributed by atoms with van der Waals surface area (Å²) in [4.78, 5) is 8.60. The number of rotatable bonds is 5. The first kappa shape index (κ1) is 21.2. The Morgan fingerprint density at radius 1 is 1.22 bits per heavy atom. The van der Waals surface area contributed by atoms with Crippen molar-refractivity contribution in [3.05, 3.63) is 59.3 Å². The molecule has 0 amide bonds. The van der Waals surface area contributed by atoms with Gasteiger partial charge in [-0.15, -0.1) is 11.3 Å². The molecule has 2 heterocycles. The van der Waals surface area contributed by atoms with Crippen molar-refractivity contribution in [2.75, 3.05) is 13.1 Å². The monoisotopic (exact) mass is 443 g/mol. The topological polar surface area (TPSA) is 49.1 Å². The van der Waals surface area contributed by atoms with Crippen LogP contribution in [0.25, 0.3) is 21.0 Å². The molecule has 32 heavy (non-hydrogen) atoms. The predicted molar refractivity (Wildman–Crippen MR) is 130 cm³/mol. The Kier molecular flexibility index (Phi) is 5.75. The lowest BCUT2D eigenvalue weighted by Gasteiger charge is -2.24. The van der Waals surface area contributed by atoms with Crippen molar-refractivity contribution in [3.63, 3.8) is 0 Å². The minimum Gasteiger partial charge on any atom is -0.490 e. The van der Waals surface area contributed by atoms with Gasteiger partial charge in [0, 0.05) is 24.3 Å². The average Bonchev–Trinajstić information content (AvgIpc) is 3.52. The molecule has 5 heteroatoms. The summed E-state index contributed by atoms with van der Waals surface area (Å²) in [7, 11) is 0. The van der Waals surface area contributed by atoms with E-state index in [0.29, 0.717) is 17.4 Å². The van der Waals surface area contributed by atoms with Crippen molar-refractivity contribution in [2.24, 2.45) is 5.92 Å². The van der Waals surface area contributed by atoms with Gasteiger partial charge in [-0.3, -0.25) is 4.90 Å². The SMILES string of the molecule is CC(C)Oc1ccc(-c2ncc(-c3cccc4c3CCC4N3CC[C@H](C)C3)s2)cc1C#N. The summed E-state index contributed by atoms with van der Waals surface area (Å²) in [5, 5.41) is 10.5. The van der Waals surface area contributed by atoms with Gasteiger partial charge in [0.1, 0.15) is 16.8 Å². The molecule has 3 aromatic rings. The Balaban J connectivity index is 1.44. The minimum atomic E-state index is 0.0344. The van der Waals surface area contributed by atoms with Gasteiger partial charge in [-0.25, -0.2) is 4.98 Å². The van der Waals surface area contributed by atoms with Gasteiger partial charge in [0.25, 0.3) is 0 Å². The number of benzene rings is 2. The molecule has 2 aliphatic rings. The van der Waals surface area contributed by atoms with E-state index < -0.39 is 0 Å². The average molecular weight is 444 g/mol. The Morgan fingerprint density at radius 3 is 2.84 bits per heavy atom. The third-order valence-electron chi connectivity index (χ3n) is 6.62. The second kappa shape index (κ2) is 8.69. The molecule has 0 bridgehead atoms. The zero-order chi connectivity index (χ0) is 22.2. The largest absolute Gasteiger partial charge is 0.490 e. The highest BCUT2D eigenvalue weighted by molar-refractivity contribution is 7.18. The number of nitriles is 1. The van der Waals surface area contributed by atoms with Crippen molar-refractivity contribution in [1.29, 1.82) is 5.26 Å². The molecule has 1 unspecified atom stereocenters. The Morgan fingerprint density at radius 2 is 2.09 bits per heavy atom. The Bertz CT molecular complexity index is 1180. The van der Waals surface area contributed by atoms with E-state index in [4.69, 9.17) is 9.72 Å². The van der Waals surface area contributed by atoms with Gasteiger partial charge in [-0.05, 0) is 80.5 Å². The van der Waals surface area contributed by atoms with Crippen LogP contribution in [0.15, 0.2) is 42.6 Å². The van der Waals surface area contributed by atoms with E-state index in [1.807, 2.05) is 38.2 Å². The first-order chi connectivity index (χ1) is 15.5. The van der Waals surface area contributed by atoms with Crippen LogP contribution in [-0.2, 0) is 6.42 Å². The Hall–Kier alpha value is -2.68. The molecule has 1 fully saturated rings. The van der Waals surface area contributed by atoms with Crippen LogP contribution in [0, 0.1) is 17.2 Å². The molecule has 1 aliphatic heterocycles. The number of thiazole rings is 1. The predicted octanol–water partition coefficient (Wildman–Crippen LogP) is 6.47. The van der Waals surface area contributed by atoms with E-state index in [-0.39, 0.29) is 6.10 Å². The van der Waals surface area contributed by atoms with Gasteiger partial charge in [-0.1, -0.05) is 25.1 Å². The van der Waals surface area contributed by atoms with Crippen LogP contribution in [0.5, 0.6) is 5.75 Å². The molecule has 0 saturated carbocycles. The zero-order valence-corrected chi connectivity index (χ0v) is 19.8. The van der Waals surface area contributed by atoms with Gasteiger partial charge in [0.05, 0.1) is 16.5 Å². The summed E-state index contributed by atoms with van der Waals surface area (Å²) in [6.07, 6.45) is 5.69. The lowest BCUT2D eigenvalue weighted by atomic mass is 10.0. The molecule has 4 nitrogen and oxygen atoms in total. The minimum absolute atomic E-state index is 0.0344. The molecule has 0 spiro atoms. The number of likely N-dealkylation sites (tertiary alicyclic amines) is 1. The first-order valence-corrected chi connectivity index (χ1v) is 12.4. The molecule has 0 radical (unpaired) electrons. The normalized spacial score (nSPS) is 20.5. The summed E-state index contributed by atoms with van der Waals surface area (Å²) < 4.78 is 5.77. The van der Waals surface area contributed by atoms with Crippen LogP contribution in [0.3, 0.4) is 0 Å². The van der Waals surface area contributed by atoms with E-state index >= 15 is 0 Å². The number of hydrogen-bond donors (Lipinski definition) is 0. The third kappa shape index (κ3) is 3.94. The molecule has 1 aliphatic carbocycles. The summed E-state index contributed by atoms with van der Waals surface area (Å²) in [5.74, 6) is 1.44. The van der Waals surface area contributed by atoms with Crippen LogP contribution in [0.4, 0.5) is 0 Å². The van der Waals surface area contributed by atoms with Crippen molar-refractivity contribution >= 4 is 11.3 Å². The fourth-order valence-electron chi connectivity index (χ4n) is 5.13. The number of fused-ring (bicyclic) bond motifs is 1. The second-order valence-electron chi connectivity index (χ2n) is 9.34. The standard InChI is InChI=1S/C27H29N3OS/c1-17(2)31-25-10-7-19(13-20(25)14-28)27-29-15-26(32-27)23-6-4-5-22-21(23)8-9-24(22)30-12-11-18(3)16-30/h4-7,10,13,15,17-18,24H,8-9,11-12,16H2,1-3H3/t18-,24?/m0/s1. The molecule has 2 aromatic carbocycles. The Labute approximate surface area is 194 Å². The van der Waals surface area contributed by atoms with Crippen LogP contribution >= 0.6 is 11.3 Å². The van der Waals surface area contributed by atoms with E-state index in [1.165, 1.54) is 47.5 Å². The summed E-state index contributed by atoms with van der Waals surface area (Å²) in [6, 6.07) is 15.4. The zero-order valence-electron chi connectivity index (χ0n) is 19.0. The smallest absolute Gasteiger partial charge is 0.137 e. The summed E-state index contributed by atoms with van der Waals surface area (Å²) >= 11 is 1.70. The molecule has 1 aromatic heterocycles. The lowest BCUT2D eigenvalue weighted by Crippen LogP contribution is -2.24. The fourth-order valence-corrected chi connectivity index (χ4v) is 6.10. The van der Waals surface area contributed by atoms with Gasteiger partial charge < -0.3 is 4.74 Å². The van der Waals surface area contributed by atoms with E-state index in [0.717, 1.165) is 22.9 Å². The van der Waals surface area contributed by atoms with Crippen molar-refractivity contribution in [1.82, 2.24) is 9.88 Å². The van der Waals surface area contributed by atoms with E-state index in [1.54, 1.807) is 11.3 Å². The lowest BCUT2D eigenvalue weighted by molar-refractivity contribution is 0.238. The quantitative estimate of drug-likeness (QED) is 0.454. The van der Waals surface area contributed by atoms with Gasteiger partial charge in [-0.2, -0.15) is 5.26 Å². The molecule has 164 valence electrons. The highest BCUT2D eigenvalue weighted by Gasteiger charge is 2.33. The number of aromatic nitrogens is 1. The van der Waals surface area contributed by atoms with E-state index in [2.05, 4.69) is 36.1 Å². The maximum atomic E-state index is 9.57. The highest BCUT2D eigenvalue weighted by atomic mass is 32.1. The maximum absolute atomic E-state index is 9.57. The number of hydrogen-bond acceptors (Lipinski definition) is 5. The van der Waals surface area contributed by atoms with Crippen LogP contribution in [-0.4, -0.2) is 29.1 Å². The second-order valence-corrected chi connectivity index (χ2v) is 10.4. The number of ether oxygens (including phenoxy) is 1. The van der Waals surface area contributed by atoms with Gasteiger partial charge >= 0.3 is 0 Å². The molecule has 0 N–H and O–H groups in total. The van der Waals surface area contributed by atoms with Crippen molar-refractivity contribution in [3.8, 4) is 32.8 Å². The fraction of sp³-hybridized carbons (Fsp3) is 0.407. The van der Waals surface area contributed by atoms with Crippen molar-refractivity contribution < 1.29 is 4.74 Å². The van der Waals surface area contributed by atoms with Crippen LogP contribution in [0.2, 0.25) is 0 Å².